The Morgan fingerprint density at radius 1 is 1.53 bits per heavy atom. The molecule has 0 radical (unpaired) electrons. The Balaban J connectivity index is 2.31. The zero-order valence-electron chi connectivity index (χ0n) is 10.1. The van der Waals surface area contributed by atoms with E-state index < -0.39 is 0 Å². The molecule has 2 unspecified atom stereocenters. The molecule has 1 heterocycles. The van der Waals surface area contributed by atoms with Crippen LogP contribution in [0.5, 0.6) is 0 Å². The SMILES string of the molecule is CCCC(C)NCC1(CCO)CCOC1. The summed E-state index contributed by atoms with van der Waals surface area (Å²) in [5, 5.41) is 12.6. The Labute approximate surface area is 93.2 Å². The van der Waals surface area contributed by atoms with Gasteiger partial charge in [-0.15, -0.1) is 0 Å². The molecule has 3 heteroatoms. The third-order valence-electron chi connectivity index (χ3n) is 3.37. The minimum atomic E-state index is 0.191. The molecule has 0 aromatic rings. The van der Waals surface area contributed by atoms with Crippen LogP contribution in [-0.4, -0.2) is 37.5 Å². The number of hydrogen-bond acceptors (Lipinski definition) is 3. The topological polar surface area (TPSA) is 41.5 Å². The second-order valence-corrected chi connectivity index (χ2v) is 4.85. The van der Waals surface area contributed by atoms with Crippen molar-refractivity contribution in [3.8, 4) is 0 Å². The van der Waals surface area contributed by atoms with E-state index in [2.05, 4.69) is 19.2 Å². The lowest BCUT2D eigenvalue weighted by Gasteiger charge is -2.28. The molecule has 0 aliphatic carbocycles. The Hall–Kier alpha value is -0.120. The quantitative estimate of drug-likeness (QED) is 0.677. The fourth-order valence-corrected chi connectivity index (χ4v) is 2.24. The summed E-state index contributed by atoms with van der Waals surface area (Å²) in [5.41, 5.74) is 0.191. The van der Waals surface area contributed by atoms with Crippen LogP contribution in [0.2, 0.25) is 0 Å². The van der Waals surface area contributed by atoms with Gasteiger partial charge in [0.2, 0.25) is 0 Å². The molecule has 15 heavy (non-hydrogen) atoms. The van der Waals surface area contributed by atoms with Gasteiger partial charge >= 0.3 is 0 Å². The summed E-state index contributed by atoms with van der Waals surface area (Å²) in [6, 6.07) is 0.575. The highest BCUT2D eigenvalue weighted by Crippen LogP contribution is 2.31. The van der Waals surface area contributed by atoms with Crippen molar-refractivity contribution in [1.82, 2.24) is 5.32 Å². The lowest BCUT2D eigenvalue weighted by atomic mass is 9.83. The van der Waals surface area contributed by atoms with Gasteiger partial charge in [0.25, 0.3) is 0 Å². The lowest BCUT2D eigenvalue weighted by Crippen LogP contribution is -2.39. The monoisotopic (exact) mass is 215 g/mol. The number of ether oxygens (including phenoxy) is 1. The predicted octanol–water partition coefficient (Wildman–Crippen LogP) is 1.55. The second kappa shape index (κ2) is 6.46. The summed E-state index contributed by atoms with van der Waals surface area (Å²) in [7, 11) is 0. The van der Waals surface area contributed by atoms with Gasteiger partial charge < -0.3 is 15.2 Å². The molecule has 1 rings (SSSR count). The molecule has 1 aliphatic rings. The van der Waals surface area contributed by atoms with Crippen molar-refractivity contribution in [3.63, 3.8) is 0 Å². The Kier molecular flexibility index (Phi) is 5.58. The second-order valence-electron chi connectivity index (χ2n) is 4.85. The van der Waals surface area contributed by atoms with Crippen molar-refractivity contribution < 1.29 is 9.84 Å². The van der Waals surface area contributed by atoms with Crippen molar-refractivity contribution in [3.05, 3.63) is 0 Å². The van der Waals surface area contributed by atoms with Gasteiger partial charge in [-0.2, -0.15) is 0 Å². The first kappa shape index (κ1) is 12.9. The highest BCUT2D eigenvalue weighted by atomic mass is 16.5. The molecule has 0 amide bonds. The molecular weight excluding hydrogens is 190 g/mol. The summed E-state index contributed by atoms with van der Waals surface area (Å²) in [5.74, 6) is 0. The van der Waals surface area contributed by atoms with E-state index in [1.165, 1.54) is 12.8 Å². The fraction of sp³-hybridized carbons (Fsp3) is 1.00. The van der Waals surface area contributed by atoms with Gasteiger partial charge in [-0.3, -0.25) is 0 Å². The van der Waals surface area contributed by atoms with Crippen LogP contribution in [0.15, 0.2) is 0 Å². The largest absolute Gasteiger partial charge is 0.396 e. The lowest BCUT2D eigenvalue weighted by molar-refractivity contribution is 0.122. The molecule has 0 aromatic carbocycles. The molecule has 90 valence electrons. The average Bonchev–Trinajstić information content (AvgIpc) is 2.65. The van der Waals surface area contributed by atoms with Gasteiger partial charge in [0.1, 0.15) is 0 Å². The van der Waals surface area contributed by atoms with Crippen molar-refractivity contribution in [2.24, 2.45) is 5.41 Å². The number of aliphatic hydroxyl groups excluding tert-OH is 1. The number of rotatable bonds is 7. The van der Waals surface area contributed by atoms with Crippen LogP contribution in [0.4, 0.5) is 0 Å². The van der Waals surface area contributed by atoms with E-state index in [1.807, 2.05) is 0 Å². The van der Waals surface area contributed by atoms with E-state index in [0.29, 0.717) is 6.04 Å². The smallest absolute Gasteiger partial charge is 0.0536 e. The fourth-order valence-electron chi connectivity index (χ4n) is 2.24. The molecule has 1 saturated heterocycles. The van der Waals surface area contributed by atoms with Crippen LogP contribution in [0.1, 0.15) is 39.5 Å². The molecule has 0 bridgehead atoms. The molecule has 0 spiro atoms. The Bertz CT molecular complexity index is 167. The van der Waals surface area contributed by atoms with E-state index in [1.54, 1.807) is 0 Å². The van der Waals surface area contributed by atoms with E-state index in [0.717, 1.165) is 32.6 Å². The Morgan fingerprint density at radius 3 is 2.87 bits per heavy atom. The summed E-state index contributed by atoms with van der Waals surface area (Å²) in [6.07, 6.45) is 4.38. The first-order chi connectivity index (χ1) is 7.22. The van der Waals surface area contributed by atoms with E-state index in [9.17, 15) is 0 Å². The molecule has 2 atom stereocenters. The van der Waals surface area contributed by atoms with Crippen LogP contribution < -0.4 is 5.32 Å². The maximum atomic E-state index is 9.08. The third-order valence-corrected chi connectivity index (χ3v) is 3.37. The first-order valence-corrected chi connectivity index (χ1v) is 6.14. The summed E-state index contributed by atoms with van der Waals surface area (Å²) in [6.45, 7) is 7.34. The standard InChI is InChI=1S/C12H25NO2/c1-3-4-11(2)13-9-12(5-7-14)6-8-15-10-12/h11,13-14H,3-10H2,1-2H3. The maximum absolute atomic E-state index is 9.08. The summed E-state index contributed by atoms with van der Waals surface area (Å²) >= 11 is 0. The van der Waals surface area contributed by atoms with Crippen LogP contribution >= 0.6 is 0 Å². The highest BCUT2D eigenvalue weighted by Gasteiger charge is 2.34. The van der Waals surface area contributed by atoms with Crippen molar-refractivity contribution >= 4 is 0 Å². The number of hydrogen-bond donors (Lipinski definition) is 2. The molecule has 3 nitrogen and oxygen atoms in total. The average molecular weight is 215 g/mol. The first-order valence-electron chi connectivity index (χ1n) is 6.14. The van der Waals surface area contributed by atoms with Gasteiger partial charge in [0.15, 0.2) is 0 Å². The molecular formula is C12H25NO2. The van der Waals surface area contributed by atoms with Crippen molar-refractivity contribution in [2.75, 3.05) is 26.4 Å². The number of nitrogens with one attached hydrogen (secondary N) is 1. The minimum absolute atomic E-state index is 0.191. The van der Waals surface area contributed by atoms with E-state index in [4.69, 9.17) is 9.84 Å². The molecule has 2 N–H and O–H groups in total. The summed E-state index contributed by atoms with van der Waals surface area (Å²) in [4.78, 5) is 0. The van der Waals surface area contributed by atoms with Gasteiger partial charge in [0, 0.05) is 31.2 Å². The number of aliphatic hydroxyl groups is 1. The molecule has 0 aromatic heterocycles. The maximum Gasteiger partial charge on any atom is 0.0536 e. The zero-order valence-corrected chi connectivity index (χ0v) is 10.1. The minimum Gasteiger partial charge on any atom is -0.396 e. The van der Waals surface area contributed by atoms with Crippen molar-refractivity contribution in [2.45, 2.75) is 45.6 Å². The Morgan fingerprint density at radius 2 is 2.33 bits per heavy atom. The van der Waals surface area contributed by atoms with Crippen LogP contribution in [-0.2, 0) is 4.74 Å². The van der Waals surface area contributed by atoms with Crippen LogP contribution in [0, 0.1) is 5.41 Å². The molecule has 1 fully saturated rings. The van der Waals surface area contributed by atoms with Gasteiger partial charge in [0.05, 0.1) is 6.61 Å². The summed E-state index contributed by atoms with van der Waals surface area (Å²) < 4.78 is 5.45. The van der Waals surface area contributed by atoms with Gasteiger partial charge in [-0.25, -0.2) is 0 Å². The zero-order chi connectivity index (χ0) is 11.1. The van der Waals surface area contributed by atoms with E-state index in [-0.39, 0.29) is 12.0 Å². The van der Waals surface area contributed by atoms with Gasteiger partial charge in [-0.05, 0) is 26.2 Å². The predicted molar refractivity (Wildman–Crippen MR) is 61.9 cm³/mol. The van der Waals surface area contributed by atoms with Crippen LogP contribution in [0.3, 0.4) is 0 Å². The van der Waals surface area contributed by atoms with Crippen molar-refractivity contribution in [1.29, 1.82) is 0 Å². The third kappa shape index (κ3) is 4.09. The molecule has 1 aliphatic heterocycles. The van der Waals surface area contributed by atoms with Crippen LogP contribution in [0.25, 0.3) is 0 Å². The molecule has 0 saturated carbocycles. The highest BCUT2D eigenvalue weighted by molar-refractivity contribution is 4.86. The normalized spacial score (nSPS) is 28.2. The van der Waals surface area contributed by atoms with E-state index >= 15 is 0 Å². The van der Waals surface area contributed by atoms with Gasteiger partial charge in [-0.1, -0.05) is 13.3 Å².